The van der Waals surface area contributed by atoms with Crippen LogP contribution in [-0.4, -0.2) is 122 Å². The summed E-state index contributed by atoms with van der Waals surface area (Å²) >= 11 is 0. The second-order valence-electron chi connectivity index (χ2n) is 17.2. The molecule has 4 fully saturated rings. The summed E-state index contributed by atoms with van der Waals surface area (Å²) in [5.74, 6) is -2.15. The molecule has 0 bridgehead atoms. The number of piperazine rings is 1. The average Bonchev–Trinajstić information content (AvgIpc) is 3.80. The van der Waals surface area contributed by atoms with Gasteiger partial charge >= 0.3 is 0 Å². The molecule has 3 N–H and O–H groups in total. The van der Waals surface area contributed by atoms with Gasteiger partial charge in [0, 0.05) is 81.4 Å². The van der Waals surface area contributed by atoms with E-state index < -0.39 is 35.5 Å². The van der Waals surface area contributed by atoms with Crippen LogP contribution in [-0.2, 0) is 9.59 Å². The Kier molecular flexibility index (Phi) is 10.5. The molecule has 1 saturated carbocycles. The van der Waals surface area contributed by atoms with Crippen LogP contribution in [0.25, 0.3) is 11.2 Å². The van der Waals surface area contributed by atoms with E-state index in [2.05, 4.69) is 74.5 Å². The molecule has 17 nitrogen and oxygen atoms in total. The van der Waals surface area contributed by atoms with E-state index in [0.717, 1.165) is 92.1 Å². The Morgan fingerprint density at radius 3 is 2.33 bits per heavy atom. The van der Waals surface area contributed by atoms with Crippen LogP contribution in [0.15, 0.2) is 67.3 Å². The van der Waals surface area contributed by atoms with Gasteiger partial charge in [-0.2, -0.15) is 0 Å². The van der Waals surface area contributed by atoms with Gasteiger partial charge in [0.05, 0.1) is 23.1 Å². The number of pyridine rings is 1. The lowest BCUT2D eigenvalue weighted by Crippen LogP contribution is -2.54. The first-order chi connectivity index (χ1) is 30.6. The largest absolute Gasteiger partial charge is 0.369 e. The summed E-state index contributed by atoms with van der Waals surface area (Å²) in [5, 5.41) is 8.71. The number of nitrogens with one attached hydrogen (secondary N) is 3. The summed E-state index contributed by atoms with van der Waals surface area (Å²) in [6, 6.07) is 15.5. The standard InChI is InChI=1S/C45H47FN12O5/c1-26-3-2-4-35(50-26)42(60)52-29-19-31(20-29)57-25-49-39-40(47-24-48-41(39)57)51-28-5-7-30(8-6-28)55-17-15-54(16-18-55)23-27-11-13-56(14-12-27)37-22-33-32(21-34(37)46)44(62)58(45(33)63)36-9-10-38(59)53-43(36)61/h2-8,21-22,24-25,27,29,31,36H,9-20,23H2,1H3,(H,52,60)(H,47,48,51)(H,53,59,61)/t29?,31?,36-/m0/s1. The molecular weight excluding hydrogens is 808 g/mol. The quantitative estimate of drug-likeness (QED) is 0.171. The fourth-order valence-electron chi connectivity index (χ4n) is 9.60. The lowest BCUT2D eigenvalue weighted by Gasteiger charge is -2.40. The van der Waals surface area contributed by atoms with Gasteiger partial charge in [-0.25, -0.2) is 24.3 Å². The molecule has 1 atom stereocenters. The number of rotatable bonds is 10. The smallest absolute Gasteiger partial charge is 0.270 e. The molecule has 5 aliphatic rings. The van der Waals surface area contributed by atoms with Crippen molar-refractivity contribution >= 4 is 63.6 Å². The molecule has 63 heavy (non-hydrogen) atoms. The summed E-state index contributed by atoms with van der Waals surface area (Å²) in [6.45, 7) is 7.72. The number of nitrogens with zero attached hydrogens (tertiary/aromatic N) is 9. The highest BCUT2D eigenvalue weighted by atomic mass is 19.1. The van der Waals surface area contributed by atoms with E-state index >= 15 is 4.39 Å². The summed E-state index contributed by atoms with van der Waals surface area (Å²) in [7, 11) is 0. The highest BCUT2D eigenvalue weighted by molar-refractivity contribution is 6.23. The minimum absolute atomic E-state index is 0.0214. The molecule has 1 aliphatic carbocycles. The minimum Gasteiger partial charge on any atom is -0.369 e. The van der Waals surface area contributed by atoms with Gasteiger partial charge in [-0.15, -0.1) is 0 Å². The van der Waals surface area contributed by atoms with Crippen LogP contribution in [0.1, 0.15) is 81.5 Å². The highest BCUT2D eigenvalue weighted by Gasteiger charge is 2.45. The van der Waals surface area contributed by atoms with E-state index in [4.69, 9.17) is 0 Å². The zero-order valence-corrected chi connectivity index (χ0v) is 34.8. The zero-order valence-electron chi connectivity index (χ0n) is 34.8. The molecule has 3 saturated heterocycles. The maximum absolute atomic E-state index is 15.5. The number of anilines is 4. The Bertz CT molecular complexity index is 2630. The predicted molar refractivity (Wildman–Crippen MR) is 230 cm³/mol. The third-order valence-electron chi connectivity index (χ3n) is 13.2. The lowest BCUT2D eigenvalue weighted by atomic mass is 9.86. The predicted octanol–water partition coefficient (Wildman–Crippen LogP) is 3.99. The molecule has 0 radical (unpaired) electrons. The van der Waals surface area contributed by atoms with Crippen LogP contribution >= 0.6 is 0 Å². The lowest BCUT2D eigenvalue weighted by molar-refractivity contribution is -0.136. The van der Waals surface area contributed by atoms with E-state index in [0.29, 0.717) is 36.0 Å². The number of halogens is 1. The summed E-state index contributed by atoms with van der Waals surface area (Å²) in [4.78, 5) is 89.0. The number of carbonyl (C=O) groups is 5. The Morgan fingerprint density at radius 1 is 0.857 bits per heavy atom. The van der Waals surface area contributed by atoms with Crippen LogP contribution in [0.3, 0.4) is 0 Å². The third-order valence-corrected chi connectivity index (χ3v) is 13.2. The van der Waals surface area contributed by atoms with Crippen molar-refractivity contribution in [1.82, 2.24) is 44.9 Å². The zero-order chi connectivity index (χ0) is 43.4. The fourth-order valence-corrected chi connectivity index (χ4v) is 9.60. The molecule has 10 rings (SSSR count). The molecule has 324 valence electrons. The number of fused-ring (bicyclic) bond motifs is 2. The first-order valence-electron chi connectivity index (χ1n) is 21.6. The van der Waals surface area contributed by atoms with E-state index in [-0.39, 0.29) is 47.6 Å². The van der Waals surface area contributed by atoms with Crippen LogP contribution in [0.5, 0.6) is 0 Å². The number of aromatic nitrogens is 5. The van der Waals surface area contributed by atoms with E-state index in [1.54, 1.807) is 18.7 Å². The van der Waals surface area contributed by atoms with Gasteiger partial charge in [0.1, 0.15) is 23.9 Å². The number of benzene rings is 2. The van der Waals surface area contributed by atoms with Gasteiger partial charge in [0.15, 0.2) is 17.0 Å². The molecule has 7 heterocycles. The van der Waals surface area contributed by atoms with Crippen molar-refractivity contribution in [3.8, 4) is 0 Å². The Labute approximate surface area is 362 Å². The number of piperidine rings is 2. The monoisotopic (exact) mass is 854 g/mol. The number of carbonyl (C=O) groups excluding carboxylic acids is 5. The molecule has 2 aromatic carbocycles. The topological polar surface area (TPSA) is 191 Å². The second kappa shape index (κ2) is 16.5. The number of hydrogen-bond donors (Lipinski definition) is 3. The van der Waals surface area contributed by atoms with Gasteiger partial charge < -0.3 is 25.0 Å². The van der Waals surface area contributed by atoms with Crippen molar-refractivity contribution in [1.29, 1.82) is 0 Å². The van der Waals surface area contributed by atoms with Crippen molar-refractivity contribution in [3.63, 3.8) is 0 Å². The Hall–Kier alpha value is -6.82. The van der Waals surface area contributed by atoms with Crippen LogP contribution in [0.4, 0.5) is 27.3 Å². The number of amides is 5. The fraction of sp³-hybridized carbons (Fsp3) is 0.400. The maximum Gasteiger partial charge on any atom is 0.270 e. The SMILES string of the molecule is Cc1cccc(C(=O)NC2CC(n3cnc4c(Nc5ccc(N6CCN(CC7CCN(c8cc9c(cc8F)C(=O)N([C@H]8CCC(=O)NC8=O)C9=O)CC7)CC6)cc5)ncnc43)C2)n1. The van der Waals surface area contributed by atoms with Crippen molar-refractivity contribution in [3.05, 3.63) is 95.6 Å². The number of aryl methyl sites for hydroxylation is 1. The van der Waals surface area contributed by atoms with E-state index in [1.165, 1.54) is 6.07 Å². The molecule has 3 aromatic heterocycles. The summed E-state index contributed by atoms with van der Waals surface area (Å²) in [5.41, 5.74) is 5.02. The normalized spacial score (nSPS) is 22.0. The first-order valence-corrected chi connectivity index (χ1v) is 21.6. The van der Waals surface area contributed by atoms with Crippen LogP contribution in [0, 0.1) is 18.7 Å². The van der Waals surface area contributed by atoms with Gasteiger partial charge in [-0.1, -0.05) is 6.07 Å². The first kappa shape index (κ1) is 40.3. The third kappa shape index (κ3) is 7.83. The van der Waals surface area contributed by atoms with Gasteiger partial charge in [-0.05, 0) is 93.5 Å². The van der Waals surface area contributed by atoms with Crippen molar-refractivity contribution in [2.45, 2.75) is 63.6 Å². The summed E-state index contributed by atoms with van der Waals surface area (Å²) in [6.07, 6.45) is 6.70. The van der Waals surface area contributed by atoms with Gasteiger partial charge in [-0.3, -0.25) is 39.1 Å². The number of imidazole rings is 1. The van der Waals surface area contributed by atoms with Crippen LogP contribution in [0.2, 0.25) is 0 Å². The highest BCUT2D eigenvalue weighted by Crippen LogP contribution is 2.37. The van der Waals surface area contributed by atoms with Crippen molar-refractivity contribution in [2.75, 3.05) is 60.9 Å². The average molecular weight is 855 g/mol. The Morgan fingerprint density at radius 2 is 1.60 bits per heavy atom. The minimum atomic E-state index is -1.09. The van der Waals surface area contributed by atoms with Gasteiger partial charge in [0.2, 0.25) is 11.8 Å². The molecule has 0 unspecified atom stereocenters. The molecule has 4 aliphatic heterocycles. The number of imide groups is 2. The second-order valence-corrected chi connectivity index (χ2v) is 17.2. The van der Waals surface area contributed by atoms with Crippen molar-refractivity contribution < 1.29 is 28.4 Å². The molecule has 0 spiro atoms. The molecule has 5 amide bonds. The molecular formula is C45H47FN12O5. The number of hydrogen-bond acceptors (Lipinski definition) is 13. The molecule has 5 aromatic rings. The van der Waals surface area contributed by atoms with E-state index in [1.807, 2.05) is 24.0 Å². The van der Waals surface area contributed by atoms with E-state index in [9.17, 15) is 24.0 Å². The van der Waals surface area contributed by atoms with Crippen molar-refractivity contribution in [2.24, 2.45) is 5.92 Å². The van der Waals surface area contributed by atoms with Crippen LogP contribution < -0.4 is 25.8 Å². The van der Waals surface area contributed by atoms with Gasteiger partial charge in [0.25, 0.3) is 17.7 Å². The summed E-state index contributed by atoms with van der Waals surface area (Å²) < 4.78 is 17.6. The Balaban J connectivity index is 0.687. The molecule has 18 heteroatoms. The maximum atomic E-state index is 15.5.